The van der Waals surface area contributed by atoms with Gasteiger partial charge in [0, 0.05) is 18.3 Å². The fraction of sp³-hybridized carbons (Fsp3) is 0.154. The van der Waals surface area contributed by atoms with Crippen LogP contribution in [-0.2, 0) is 6.42 Å². The summed E-state index contributed by atoms with van der Waals surface area (Å²) in [6, 6.07) is 6.26. The Morgan fingerprint density at radius 2 is 2.05 bits per heavy atom. The summed E-state index contributed by atoms with van der Waals surface area (Å²) in [6.07, 6.45) is 0.442. The van der Waals surface area contributed by atoms with Crippen LogP contribution >= 0.6 is 11.3 Å². The van der Waals surface area contributed by atoms with E-state index in [0.29, 0.717) is 18.0 Å². The number of amides is 1. The van der Waals surface area contributed by atoms with Crippen LogP contribution < -0.4 is 5.32 Å². The number of benzene rings is 1. The van der Waals surface area contributed by atoms with Crippen LogP contribution in [-0.4, -0.2) is 33.6 Å². The van der Waals surface area contributed by atoms with Gasteiger partial charge in [-0.2, -0.15) is 0 Å². The minimum absolute atomic E-state index is 0.0111. The van der Waals surface area contributed by atoms with Gasteiger partial charge in [0.2, 0.25) is 0 Å². The Balaban J connectivity index is 1.88. The normalized spacial score (nSPS) is 10.2. The smallest absolute Gasteiger partial charge is 0.355 e. The van der Waals surface area contributed by atoms with Crippen LogP contribution in [0.25, 0.3) is 0 Å². The van der Waals surface area contributed by atoms with E-state index in [1.165, 1.54) is 28.8 Å². The number of hydrogen-bond acceptors (Lipinski definition) is 5. The first-order valence-electron chi connectivity index (χ1n) is 5.82. The number of aromatic carboxylic acids is 1. The van der Waals surface area contributed by atoms with E-state index in [1.807, 2.05) is 0 Å². The average Bonchev–Trinajstić information content (AvgIpc) is 2.88. The van der Waals surface area contributed by atoms with E-state index in [-0.39, 0.29) is 22.9 Å². The highest BCUT2D eigenvalue weighted by molar-refractivity contribution is 7.09. The predicted molar refractivity (Wildman–Crippen MR) is 73.2 cm³/mol. The van der Waals surface area contributed by atoms with Crippen molar-refractivity contribution in [1.29, 1.82) is 0 Å². The summed E-state index contributed by atoms with van der Waals surface area (Å²) in [5.41, 5.74) is 0.217. The zero-order chi connectivity index (χ0) is 14.5. The van der Waals surface area contributed by atoms with Crippen molar-refractivity contribution in [3.63, 3.8) is 0 Å². The number of phenolic OH excluding ortho intramolecular Hbond substituents is 1. The second-order valence-electron chi connectivity index (χ2n) is 3.95. The highest BCUT2D eigenvalue weighted by Crippen LogP contribution is 2.15. The highest BCUT2D eigenvalue weighted by atomic mass is 32.1. The van der Waals surface area contributed by atoms with Crippen molar-refractivity contribution >= 4 is 23.2 Å². The molecule has 0 bridgehead atoms. The summed E-state index contributed by atoms with van der Waals surface area (Å²) in [5, 5.41) is 23.0. The molecular weight excluding hydrogens is 280 g/mol. The predicted octanol–water partition coefficient (Wildman–Crippen LogP) is 1.52. The molecule has 0 atom stereocenters. The lowest BCUT2D eigenvalue weighted by Gasteiger charge is -2.05. The number of nitrogens with zero attached hydrogens (tertiary/aromatic N) is 1. The molecular formula is C13H12N2O4S. The number of carboxylic acids is 1. The topological polar surface area (TPSA) is 99.5 Å². The second-order valence-corrected chi connectivity index (χ2v) is 4.90. The van der Waals surface area contributed by atoms with E-state index in [9.17, 15) is 14.7 Å². The molecule has 1 aromatic carbocycles. The Morgan fingerprint density at radius 1 is 1.30 bits per heavy atom. The Bertz CT molecular complexity index is 639. The van der Waals surface area contributed by atoms with Gasteiger partial charge >= 0.3 is 5.97 Å². The molecule has 1 heterocycles. The van der Waals surface area contributed by atoms with Crippen molar-refractivity contribution in [3.8, 4) is 5.75 Å². The lowest BCUT2D eigenvalue weighted by molar-refractivity contribution is 0.0690. The van der Waals surface area contributed by atoms with Crippen LogP contribution in [0, 0.1) is 0 Å². The summed E-state index contributed by atoms with van der Waals surface area (Å²) in [4.78, 5) is 26.4. The molecule has 0 fully saturated rings. The summed E-state index contributed by atoms with van der Waals surface area (Å²) in [7, 11) is 0. The molecule has 0 saturated carbocycles. The SMILES string of the molecule is O=C(O)c1csc(CCNC(=O)c2ccccc2O)n1. The zero-order valence-electron chi connectivity index (χ0n) is 10.4. The fourth-order valence-electron chi connectivity index (χ4n) is 1.57. The molecule has 1 amide bonds. The molecule has 0 unspecified atom stereocenters. The van der Waals surface area contributed by atoms with Crippen molar-refractivity contribution < 1.29 is 19.8 Å². The van der Waals surface area contributed by atoms with Crippen LogP contribution in [0.2, 0.25) is 0 Å². The number of para-hydroxylation sites is 1. The van der Waals surface area contributed by atoms with Gasteiger partial charge in [-0.3, -0.25) is 4.79 Å². The van der Waals surface area contributed by atoms with Gasteiger partial charge < -0.3 is 15.5 Å². The van der Waals surface area contributed by atoms with Gasteiger partial charge in [0.15, 0.2) is 5.69 Å². The maximum absolute atomic E-state index is 11.8. The van der Waals surface area contributed by atoms with Gasteiger partial charge in [-0.05, 0) is 12.1 Å². The number of carboxylic acid groups (broad SMARTS) is 1. The molecule has 104 valence electrons. The maximum Gasteiger partial charge on any atom is 0.355 e. The molecule has 3 N–H and O–H groups in total. The molecule has 6 nitrogen and oxygen atoms in total. The number of aromatic nitrogens is 1. The van der Waals surface area contributed by atoms with Gasteiger partial charge in [0.1, 0.15) is 5.75 Å². The van der Waals surface area contributed by atoms with Crippen molar-refractivity contribution in [3.05, 3.63) is 45.9 Å². The van der Waals surface area contributed by atoms with Crippen LogP contribution in [0.3, 0.4) is 0 Å². The number of nitrogens with one attached hydrogen (secondary N) is 1. The molecule has 2 aromatic rings. The maximum atomic E-state index is 11.8. The van der Waals surface area contributed by atoms with Crippen LogP contribution in [0.1, 0.15) is 25.9 Å². The minimum atomic E-state index is -1.06. The number of rotatable bonds is 5. The number of hydrogen-bond donors (Lipinski definition) is 3. The first-order chi connectivity index (χ1) is 9.58. The monoisotopic (exact) mass is 292 g/mol. The summed E-state index contributed by atoms with van der Waals surface area (Å²) in [6.45, 7) is 0.319. The number of thiazole rings is 1. The molecule has 2 rings (SSSR count). The van der Waals surface area contributed by atoms with Crippen molar-refractivity contribution in [1.82, 2.24) is 10.3 Å². The molecule has 0 aliphatic carbocycles. The third-order valence-electron chi connectivity index (χ3n) is 2.54. The van der Waals surface area contributed by atoms with E-state index in [0.717, 1.165) is 0 Å². The molecule has 0 radical (unpaired) electrons. The Labute approximate surface area is 118 Å². The van der Waals surface area contributed by atoms with Gasteiger partial charge in [-0.1, -0.05) is 12.1 Å². The van der Waals surface area contributed by atoms with E-state index in [2.05, 4.69) is 10.3 Å². The van der Waals surface area contributed by atoms with Crippen LogP contribution in [0.15, 0.2) is 29.6 Å². The highest BCUT2D eigenvalue weighted by Gasteiger charge is 2.11. The summed E-state index contributed by atoms with van der Waals surface area (Å²) >= 11 is 1.24. The van der Waals surface area contributed by atoms with Gasteiger partial charge in [0.25, 0.3) is 5.91 Å². The summed E-state index contributed by atoms with van der Waals surface area (Å²) < 4.78 is 0. The number of carbonyl (C=O) groups is 2. The van der Waals surface area contributed by atoms with E-state index >= 15 is 0 Å². The lowest BCUT2D eigenvalue weighted by Crippen LogP contribution is -2.25. The van der Waals surface area contributed by atoms with Crippen molar-refractivity contribution in [2.24, 2.45) is 0 Å². The Morgan fingerprint density at radius 3 is 2.70 bits per heavy atom. The largest absolute Gasteiger partial charge is 0.507 e. The van der Waals surface area contributed by atoms with Gasteiger partial charge in [-0.15, -0.1) is 11.3 Å². The number of aromatic hydroxyl groups is 1. The van der Waals surface area contributed by atoms with Crippen LogP contribution in [0.5, 0.6) is 5.75 Å². The molecule has 7 heteroatoms. The second kappa shape index (κ2) is 6.16. The van der Waals surface area contributed by atoms with Crippen molar-refractivity contribution in [2.45, 2.75) is 6.42 Å². The molecule has 0 aliphatic heterocycles. The third kappa shape index (κ3) is 3.33. The molecule has 0 spiro atoms. The lowest BCUT2D eigenvalue weighted by atomic mass is 10.2. The van der Waals surface area contributed by atoms with Gasteiger partial charge in [-0.25, -0.2) is 9.78 Å². The fourth-order valence-corrected chi connectivity index (χ4v) is 2.34. The molecule has 1 aromatic heterocycles. The Hall–Kier alpha value is -2.41. The first-order valence-corrected chi connectivity index (χ1v) is 6.70. The van der Waals surface area contributed by atoms with Gasteiger partial charge in [0.05, 0.1) is 10.6 Å². The zero-order valence-corrected chi connectivity index (χ0v) is 11.2. The third-order valence-corrected chi connectivity index (χ3v) is 3.45. The first kappa shape index (κ1) is 14.0. The standard InChI is InChI=1S/C13H12N2O4S/c16-10-4-2-1-3-8(10)12(17)14-6-5-11-15-9(7-20-11)13(18)19/h1-4,7,16H,5-6H2,(H,14,17)(H,18,19). The summed E-state index contributed by atoms with van der Waals surface area (Å²) in [5.74, 6) is -1.52. The number of carbonyl (C=O) groups excluding carboxylic acids is 1. The van der Waals surface area contributed by atoms with E-state index in [1.54, 1.807) is 12.1 Å². The average molecular weight is 292 g/mol. The van der Waals surface area contributed by atoms with E-state index < -0.39 is 5.97 Å². The molecule has 20 heavy (non-hydrogen) atoms. The Kier molecular flexibility index (Phi) is 4.31. The molecule has 0 aliphatic rings. The minimum Gasteiger partial charge on any atom is -0.507 e. The molecule has 0 saturated heterocycles. The van der Waals surface area contributed by atoms with Crippen LogP contribution in [0.4, 0.5) is 0 Å². The van der Waals surface area contributed by atoms with Crippen molar-refractivity contribution in [2.75, 3.05) is 6.54 Å². The quantitative estimate of drug-likeness (QED) is 0.776. The number of phenols is 1. The van der Waals surface area contributed by atoms with E-state index in [4.69, 9.17) is 5.11 Å².